The average Bonchev–Trinajstić information content (AvgIpc) is 3.23. The van der Waals surface area contributed by atoms with E-state index in [9.17, 15) is 9.18 Å². The lowest BCUT2D eigenvalue weighted by Crippen LogP contribution is -2.09. The van der Waals surface area contributed by atoms with Gasteiger partial charge in [0.05, 0.1) is 11.6 Å². The minimum absolute atomic E-state index is 0.0583. The molecule has 0 aliphatic carbocycles. The Balaban J connectivity index is 1.81. The Hall–Kier alpha value is -3.13. The molecular formula is C17H12FN5OS. The number of nitrogens with one attached hydrogen (secondary N) is 2. The summed E-state index contributed by atoms with van der Waals surface area (Å²) in [5.41, 5.74) is 0.335. The molecule has 0 saturated carbocycles. The van der Waals surface area contributed by atoms with Gasteiger partial charge in [0.15, 0.2) is 0 Å². The lowest BCUT2D eigenvalue weighted by atomic mass is 10.1. The number of benzene rings is 1. The SMILES string of the molecule is Cc1cc2c(Nc3ccn[nH]3)nc(C(=O)c3ccc(F)cc3)nc2s1. The third kappa shape index (κ3) is 2.99. The van der Waals surface area contributed by atoms with Crippen molar-refractivity contribution in [3.8, 4) is 0 Å². The van der Waals surface area contributed by atoms with Gasteiger partial charge < -0.3 is 5.32 Å². The summed E-state index contributed by atoms with van der Waals surface area (Å²) in [4.78, 5) is 23.2. The zero-order valence-corrected chi connectivity index (χ0v) is 13.9. The Morgan fingerprint density at radius 1 is 1.20 bits per heavy atom. The molecule has 25 heavy (non-hydrogen) atoms. The third-order valence-corrected chi connectivity index (χ3v) is 4.52. The molecule has 6 nitrogen and oxygen atoms in total. The Morgan fingerprint density at radius 2 is 2.00 bits per heavy atom. The number of rotatable bonds is 4. The standard InChI is InChI=1S/C17H12FN5OS/c1-9-8-12-15(20-13-6-7-19-23-13)21-16(22-17(12)25-9)14(24)10-2-4-11(18)5-3-10/h2-8H,1H3,(H2,19,20,21,22,23). The number of carbonyl (C=O) groups excluding carboxylic acids is 1. The zero-order chi connectivity index (χ0) is 17.4. The van der Waals surface area contributed by atoms with Gasteiger partial charge in [-0.2, -0.15) is 5.10 Å². The van der Waals surface area contributed by atoms with Gasteiger partial charge in [0, 0.05) is 16.5 Å². The Labute approximate surface area is 145 Å². The maximum absolute atomic E-state index is 13.1. The van der Waals surface area contributed by atoms with Crippen molar-refractivity contribution in [3.05, 3.63) is 64.7 Å². The molecule has 4 rings (SSSR count). The average molecular weight is 353 g/mol. The summed E-state index contributed by atoms with van der Waals surface area (Å²) in [5.74, 6) is 0.472. The molecule has 3 aromatic heterocycles. The van der Waals surface area contributed by atoms with Crippen molar-refractivity contribution >= 4 is 39.0 Å². The van der Waals surface area contributed by atoms with Crippen molar-refractivity contribution < 1.29 is 9.18 Å². The first-order chi connectivity index (χ1) is 12.1. The predicted molar refractivity (Wildman–Crippen MR) is 93.9 cm³/mol. The van der Waals surface area contributed by atoms with Crippen LogP contribution >= 0.6 is 11.3 Å². The highest BCUT2D eigenvalue weighted by atomic mass is 32.1. The van der Waals surface area contributed by atoms with Crippen LogP contribution in [-0.4, -0.2) is 25.9 Å². The van der Waals surface area contributed by atoms with Gasteiger partial charge in [0.2, 0.25) is 11.6 Å². The summed E-state index contributed by atoms with van der Waals surface area (Å²) in [6, 6.07) is 9.05. The molecular weight excluding hydrogens is 341 g/mol. The van der Waals surface area contributed by atoms with Crippen molar-refractivity contribution in [3.63, 3.8) is 0 Å². The molecule has 0 fully saturated rings. The number of anilines is 2. The molecule has 0 unspecified atom stereocenters. The number of halogens is 1. The maximum Gasteiger partial charge on any atom is 0.230 e. The van der Waals surface area contributed by atoms with E-state index in [0.717, 1.165) is 10.3 Å². The van der Waals surface area contributed by atoms with Crippen molar-refractivity contribution in [2.75, 3.05) is 5.32 Å². The van der Waals surface area contributed by atoms with E-state index >= 15 is 0 Å². The van der Waals surface area contributed by atoms with E-state index in [2.05, 4.69) is 25.5 Å². The quantitative estimate of drug-likeness (QED) is 0.545. The third-order valence-electron chi connectivity index (χ3n) is 3.58. The summed E-state index contributed by atoms with van der Waals surface area (Å²) in [7, 11) is 0. The van der Waals surface area contributed by atoms with Crippen LogP contribution in [0.2, 0.25) is 0 Å². The molecule has 4 aromatic rings. The number of carbonyl (C=O) groups is 1. The second-order valence-electron chi connectivity index (χ2n) is 5.40. The van der Waals surface area contributed by atoms with Crippen molar-refractivity contribution in [2.45, 2.75) is 6.92 Å². The highest BCUT2D eigenvalue weighted by Crippen LogP contribution is 2.30. The minimum Gasteiger partial charge on any atom is -0.325 e. The van der Waals surface area contributed by atoms with Gasteiger partial charge in [-0.1, -0.05) is 0 Å². The van der Waals surface area contributed by atoms with Gasteiger partial charge in [-0.3, -0.25) is 9.89 Å². The molecule has 0 aliphatic heterocycles. The first-order valence-electron chi connectivity index (χ1n) is 7.45. The van der Waals surface area contributed by atoms with E-state index in [4.69, 9.17) is 0 Å². The zero-order valence-electron chi connectivity index (χ0n) is 13.1. The van der Waals surface area contributed by atoms with E-state index in [1.807, 2.05) is 13.0 Å². The molecule has 2 N–H and O–H groups in total. The molecule has 0 radical (unpaired) electrons. The fraction of sp³-hybridized carbons (Fsp3) is 0.0588. The van der Waals surface area contributed by atoms with Crippen molar-refractivity contribution in [1.82, 2.24) is 20.2 Å². The Morgan fingerprint density at radius 3 is 2.72 bits per heavy atom. The van der Waals surface area contributed by atoms with Gasteiger partial charge in [-0.05, 0) is 37.3 Å². The lowest BCUT2D eigenvalue weighted by molar-refractivity contribution is 0.103. The molecule has 3 heterocycles. The predicted octanol–water partition coefficient (Wildman–Crippen LogP) is 3.84. The number of hydrogen-bond acceptors (Lipinski definition) is 6. The van der Waals surface area contributed by atoms with Crippen LogP contribution in [0.5, 0.6) is 0 Å². The topological polar surface area (TPSA) is 83.6 Å². The van der Waals surface area contributed by atoms with Crippen LogP contribution in [0, 0.1) is 12.7 Å². The summed E-state index contributed by atoms with van der Waals surface area (Å²) in [6.07, 6.45) is 1.62. The van der Waals surface area contributed by atoms with Crippen LogP contribution < -0.4 is 5.32 Å². The van der Waals surface area contributed by atoms with Crippen LogP contribution in [0.15, 0.2) is 42.6 Å². The number of hydrogen-bond donors (Lipinski definition) is 2. The number of ketones is 1. The normalized spacial score (nSPS) is 11.0. The van der Waals surface area contributed by atoms with Crippen LogP contribution in [0.3, 0.4) is 0 Å². The molecule has 8 heteroatoms. The fourth-order valence-electron chi connectivity index (χ4n) is 2.42. The number of thiophene rings is 1. The summed E-state index contributed by atoms with van der Waals surface area (Å²) in [5, 5.41) is 10.6. The second-order valence-corrected chi connectivity index (χ2v) is 6.64. The number of aromatic nitrogens is 4. The number of aromatic amines is 1. The fourth-order valence-corrected chi connectivity index (χ4v) is 3.30. The van der Waals surface area contributed by atoms with Crippen molar-refractivity contribution in [2.24, 2.45) is 0 Å². The van der Waals surface area contributed by atoms with E-state index in [1.165, 1.54) is 35.6 Å². The number of nitrogens with zero attached hydrogens (tertiary/aromatic N) is 3. The number of aryl methyl sites for hydroxylation is 1. The van der Waals surface area contributed by atoms with Gasteiger partial charge in [0.1, 0.15) is 22.3 Å². The molecule has 0 spiro atoms. The van der Waals surface area contributed by atoms with E-state index in [0.29, 0.717) is 22.0 Å². The first-order valence-corrected chi connectivity index (χ1v) is 8.26. The highest BCUT2D eigenvalue weighted by molar-refractivity contribution is 7.18. The molecule has 1 aromatic carbocycles. The van der Waals surface area contributed by atoms with Crippen LogP contribution in [0.1, 0.15) is 21.1 Å². The summed E-state index contributed by atoms with van der Waals surface area (Å²) in [6.45, 7) is 1.97. The van der Waals surface area contributed by atoms with Gasteiger partial charge >= 0.3 is 0 Å². The van der Waals surface area contributed by atoms with E-state index in [1.54, 1.807) is 12.3 Å². The van der Waals surface area contributed by atoms with Gasteiger partial charge in [-0.25, -0.2) is 14.4 Å². The highest BCUT2D eigenvalue weighted by Gasteiger charge is 2.18. The Bertz CT molecular complexity index is 1060. The molecule has 0 amide bonds. The first kappa shape index (κ1) is 15.4. The monoisotopic (exact) mass is 353 g/mol. The largest absolute Gasteiger partial charge is 0.325 e. The van der Waals surface area contributed by atoms with Crippen molar-refractivity contribution in [1.29, 1.82) is 0 Å². The number of fused-ring (bicyclic) bond motifs is 1. The maximum atomic E-state index is 13.1. The van der Waals surface area contributed by atoms with Crippen LogP contribution in [-0.2, 0) is 0 Å². The minimum atomic E-state index is -0.400. The van der Waals surface area contributed by atoms with E-state index in [-0.39, 0.29) is 11.6 Å². The second kappa shape index (κ2) is 6.06. The van der Waals surface area contributed by atoms with Crippen LogP contribution in [0.4, 0.5) is 16.0 Å². The molecule has 0 aliphatic rings. The molecule has 0 saturated heterocycles. The summed E-state index contributed by atoms with van der Waals surface area (Å²) < 4.78 is 13.1. The molecule has 124 valence electrons. The molecule has 0 bridgehead atoms. The summed E-state index contributed by atoms with van der Waals surface area (Å²) >= 11 is 1.48. The molecule has 0 atom stereocenters. The Kier molecular flexibility index (Phi) is 3.73. The van der Waals surface area contributed by atoms with E-state index < -0.39 is 5.82 Å². The number of H-pyrrole nitrogens is 1. The van der Waals surface area contributed by atoms with Gasteiger partial charge in [0.25, 0.3) is 0 Å². The van der Waals surface area contributed by atoms with Crippen LogP contribution in [0.25, 0.3) is 10.2 Å². The van der Waals surface area contributed by atoms with Gasteiger partial charge in [-0.15, -0.1) is 11.3 Å². The lowest BCUT2D eigenvalue weighted by Gasteiger charge is -2.07. The smallest absolute Gasteiger partial charge is 0.230 e.